The largest absolute Gasteiger partial charge is 0.353 e. The minimum absolute atomic E-state index is 0.0945. The molecule has 1 aromatic heterocycles. The number of nitrogens with zero attached hydrogens (tertiary/aromatic N) is 4. The highest BCUT2D eigenvalue weighted by Crippen LogP contribution is 2.21. The smallest absolute Gasteiger partial charge is 0.234 e. The molecule has 1 fully saturated rings. The number of hydrogen-bond acceptors (Lipinski definition) is 7. The van der Waals surface area contributed by atoms with Crippen LogP contribution < -0.4 is 10.6 Å². The minimum atomic E-state index is 0.0945. The fourth-order valence-corrected chi connectivity index (χ4v) is 4.15. The molecule has 2 aromatic rings. The lowest BCUT2D eigenvalue weighted by molar-refractivity contribution is -0.123. The molecule has 1 aliphatic heterocycles. The van der Waals surface area contributed by atoms with Gasteiger partial charge >= 0.3 is 0 Å². The van der Waals surface area contributed by atoms with Gasteiger partial charge in [-0.15, -0.1) is 5.10 Å². The number of amides is 1. The van der Waals surface area contributed by atoms with Gasteiger partial charge in [0.1, 0.15) is 0 Å². The molecule has 3 rings (SSSR count). The number of aromatic nitrogens is 2. The Morgan fingerprint density at radius 1 is 1.25 bits per heavy atom. The number of carbonyl (C=O) groups excluding carboxylic acids is 1. The maximum absolute atomic E-state index is 11.9. The molecule has 1 aromatic carbocycles. The van der Waals surface area contributed by atoms with Gasteiger partial charge in [-0.3, -0.25) is 14.6 Å². The van der Waals surface area contributed by atoms with Gasteiger partial charge in [0, 0.05) is 37.9 Å². The normalized spacial score (nSPS) is 15.7. The zero-order valence-electron chi connectivity index (χ0n) is 16.6. The van der Waals surface area contributed by atoms with E-state index in [1.54, 1.807) is 0 Å². The first-order valence-electron chi connectivity index (χ1n) is 9.55. The number of benzene rings is 1. The summed E-state index contributed by atoms with van der Waals surface area (Å²) in [6.45, 7) is 10.7. The zero-order chi connectivity index (χ0) is 20.1. The van der Waals surface area contributed by atoms with Crippen LogP contribution in [0.15, 0.2) is 24.3 Å². The van der Waals surface area contributed by atoms with Crippen molar-refractivity contribution >= 4 is 40.3 Å². The molecule has 0 radical (unpaired) electrons. The van der Waals surface area contributed by atoms with Gasteiger partial charge in [0.2, 0.25) is 11.0 Å². The summed E-state index contributed by atoms with van der Waals surface area (Å²) in [5, 5.41) is 11.7. The van der Waals surface area contributed by atoms with Gasteiger partial charge in [0.25, 0.3) is 0 Å². The summed E-state index contributed by atoms with van der Waals surface area (Å²) in [7, 11) is 0. The van der Waals surface area contributed by atoms with E-state index >= 15 is 0 Å². The van der Waals surface area contributed by atoms with E-state index in [1.807, 2.05) is 30.7 Å². The zero-order valence-corrected chi connectivity index (χ0v) is 18.3. The van der Waals surface area contributed by atoms with Crippen LogP contribution in [0, 0.1) is 10.9 Å². The Balaban J connectivity index is 1.51. The summed E-state index contributed by atoms with van der Waals surface area (Å²) in [5.74, 6) is 0.0945. The Bertz CT molecular complexity index is 854. The highest BCUT2D eigenvalue weighted by Gasteiger charge is 2.20. The van der Waals surface area contributed by atoms with Crippen molar-refractivity contribution in [1.29, 1.82) is 0 Å². The molecule has 0 saturated carbocycles. The third-order valence-corrected chi connectivity index (χ3v) is 5.71. The fraction of sp³-hybridized carbons (Fsp3) is 0.526. The predicted octanol–water partition coefficient (Wildman–Crippen LogP) is 2.83. The average Bonchev–Trinajstić information content (AvgIpc) is 2.95. The highest BCUT2D eigenvalue weighted by molar-refractivity contribution is 7.73. The predicted molar refractivity (Wildman–Crippen MR) is 117 cm³/mol. The molecule has 0 bridgehead atoms. The summed E-state index contributed by atoms with van der Waals surface area (Å²) < 4.78 is 2.63. The number of rotatable bonds is 7. The summed E-state index contributed by atoms with van der Waals surface area (Å²) in [4.78, 5) is 16.4. The lowest BCUT2D eigenvalue weighted by Gasteiger charge is -2.34. The van der Waals surface area contributed by atoms with E-state index in [1.165, 1.54) is 16.9 Å². The second-order valence-corrected chi connectivity index (χ2v) is 9.05. The van der Waals surface area contributed by atoms with Gasteiger partial charge in [-0.25, -0.2) is 4.68 Å². The molecule has 1 saturated heterocycles. The molecule has 1 aliphatic rings. The molecule has 1 amide bonds. The molecular weight excluding hydrogens is 392 g/mol. The van der Waals surface area contributed by atoms with Crippen LogP contribution in [0.2, 0.25) is 0 Å². The van der Waals surface area contributed by atoms with Crippen molar-refractivity contribution in [2.45, 2.75) is 33.5 Å². The molecule has 28 heavy (non-hydrogen) atoms. The fourth-order valence-electron chi connectivity index (χ4n) is 3.14. The minimum Gasteiger partial charge on any atom is -0.353 e. The van der Waals surface area contributed by atoms with Crippen molar-refractivity contribution in [2.75, 3.05) is 38.0 Å². The third-order valence-electron chi connectivity index (χ3n) is 4.49. The second kappa shape index (κ2) is 9.60. The molecule has 0 spiro atoms. The van der Waals surface area contributed by atoms with Gasteiger partial charge in [0.05, 0.1) is 13.2 Å². The lowest BCUT2D eigenvalue weighted by atomic mass is 10.2. The molecule has 0 aliphatic carbocycles. The molecule has 2 heterocycles. The summed E-state index contributed by atoms with van der Waals surface area (Å²) >= 11 is 6.98. The Labute approximate surface area is 175 Å². The Morgan fingerprint density at radius 3 is 2.64 bits per heavy atom. The number of piperazine rings is 1. The first-order chi connectivity index (χ1) is 13.4. The van der Waals surface area contributed by atoms with Crippen molar-refractivity contribution in [3.63, 3.8) is 0 Å². The first-order valence-corrected chi connectivity index (χ1v) is 10.8. The number of hydrogen-bond donors (Lipinski definition) is 2. The van der Waals surface area contributed by atoms with E-state index in [0.29, 0.717) is 13.2 Å². The first kappa shape index (κ1) is 20.9. The monoisotopic (exact) mass is 420 g/mol. The maximum Gasteiger partial charge on any atom is 0.234 e. The van der Waals surface area contributed by atoms with Crippen LogP contribution >= 0.6 is 23.6 Å². The number of aryl methyl sites for hydroxylation is 1. The molecular formula is C19H28N6OS2. The standard InChI is InChI=1S/C19H28N6OS2/c1-14(2)20-17(26)12-23-7-9-24(10-8-23)13-25-19(27)28-18(22-25)21-16-6-4-5-15(3)11-16/h4-6,11,14H,7-10,12-13H2,1-3H3,(H,20,26)(H,21,22). The van der Waals surface area contributed by atoms with Gasteiger partial charge in [-0.1, -0.05) is 23.5 Å². The van der Waals surface area contributed by atoms with E-state index in [-0.39, 0.29) is 11.9 Å². The van der Waals surface area contributed by atoms with Crippen molar-refractivity contribution in [1.82, 2.24) is 24.9 Å². The summed E-state index contributed by atoms with van der Waals surface area (Å²) in [5.41, 5.74) is 2.22. The van der Waals surface area contributed by atoms with E-state index < -0.39 is 0 Å². The Morgan fingerprint density at radius 2 is 1.96 bits per heavy atom. The summed E-state index contributed by atoms with van der Waals surface area (Å²) in [6, 6.07) is 8.38. The van der Waals surface area contributed by atoms with Crippen molar-refractivity contribution in [3.05, 3.63) is 33.8 Å². The lowest BCUT2D eigenvalue weighted by Crippen LogP contribution is -2.50. The van der Waals surface area contributed by atoms with Crippen molar-refractivity contribution in [2.24, 2.45) is 0 Å². The molecule has 2 N–H and O–H groups in total. The van der Waals surface area contributed by atoms with Crippen LogP contribution in [-0.4, -0.2) is 64.3 Å². The van der Waals surface area contributed by atoms with E-state index in [4.69, 9.17) is 12.2 Å². The quantitative estimate of drug-likeness (QED) is 0.672. The molecule has 152 valence electrons. The van der Waals surface area contributed by atoms with Gasteiger partial charge in [0.15, 0.2) is 3.95 Å². The number of nitrogens with one attached hydrogen (secondary N) is 2. The van der Waals surface area contributed by atoms with Gasteiger partial charge < -0.3 is 10.6 Å². The van der Waals surface area contributed by atoms with Crippen molar-refractivity contribution < 1.29 is 4.79 Å². The van der Waals surface area contributed by atoms with E-state index in [0.717, 1.165) is 41.0 Å². The molecule has 9 heteroatoms. The number of carbonyl (C=O) groups is 1. The molecule has 0 atom stereocenters. The third kappa shape index (κ3) is 6.10. The highest BCUT2D eigenvalue weighted by atomic mass is 32.1. The van der Waals surface area contributed by atoms with E-state index in [9.17, 15) is 4.79 Å². The Hall–Kier alpha value is -1.81. The maximum atomic E-state index is 11.9. The number of anilines is 2. The van der Waals surface area contributed by atoms with Crippen LogP contribution in [0.3, 0.4) is 0 Å². The molecule has 7 nitrogen and oxygen atoms in total. The van der Waals surface area contributed by atoms with Crippen LogP contribution in [0.4, 0.5) is 10.8 Å². The topological polar surface area (TPSA) is 65.4 Å². The van der Waals surface area contributed by atoms with Crippen LogP contribution in [0.25, 0.3) is 0 Å². The van der Waals surface area contributed by atoms with Crippen molar-refractivity contribution in [3.8, 4) is 0 Å². The summed E-state index contributed by atoms with van der Waals surface area (Å²) in [6.07, 6.45) is 0. The van der Waals surface area contributed by atoms with Crippen LogP contribution in [0.5, 0.6) is 0 Å². The molecule has 0 unspecified atom stereocenters. The van der Waals surface area contributed by atoms with Gasteiger partial charge in [-0.05, 0) is 50.7 Å². The van der Waals surface area contributed by atoms with Crippen LogP contribution in [-0.2, 0) is 11.5 Å². The average molecular weight is 421 g/mol. The Kier molecular flexibility index (Phi) is 7.17. The SMILES string of the molecule is Cc1cccc(Nc2nn(CN3CCN(CC(=O)NC(C)C)CC3)c(=S)s2)c1. The van der Waals surface area contributed by atoms with E-state index in [2.05, 4.69) is 44.6 Å². The van der Waals surface area contributed by atoms with Crippen LogP contribution in [0.1, 0.15) is 19.4 Å². The van der Waals surface area contributed by atoms with Gasteiger partial charge in [-0.2, -0.15) is 0 Å². The second-order valence-electron chi connectivity index (χ2n) is 7.42.